The van der Waals surface area contributed by atoms with E-state index in [2.05, 4.69) is 42.9 Å². The summed E-state index contributed by atoms with van der Waals surface area (Å²) in [7, 11) is -3.32. The normalized spacial score (nSPS) is 20.3. The second-order valence-electron chi connectivity index (χ2n) is 8.43. The third-order valence-electron chi connectivity index (χ3n) is 6.22. The molecule has 1 N–H and O–H groups in total. The van der Waals surface area contributed by atoms with E-state index >= 15 is 0 Å². The Hall–Kier alpha value is -0.800. The predicted molar refractivity (Wildman–Crippen MR) is 134 cm³/mol. The number of benzene rings is 1. The van der Waals surface area contributed by atoms with Gasteiger partial charge in [-0.3, -0.25) is 0 Å². The van der Waals surface area contributed by atoms with E-state index in [-0.39, 0.29) is 30.9 Å². The summed E-state index contributed by atoms with van der Waals surface area (Å²) in [5.41, 5.74) is 3.17. The first-order chi connectivity index (χ1) is 13.9. The fraction of sp³-hybridized carbons (Fsp3) is 0.571. The molecule has 1 atom stereocenters. The standard InChI is InChI=1S/C21H29BrN4O2S.2ClH/c1-29(27,28)26-12-17-10-18(22)7-8-21(17)25(13-19-11-23-15-24-19)14-20(26)9-16-5-3-2-4-6-16;;/h7-8,10-11,15-16,20H,2-6,9,12-14H2,1H3,(H,23,24);2*1H/t20-;;/m1../s1. The van der Waals surface area contributed by atoms with Crippen LogP contribution in [0.1, 0.15) is 49.8 Å². The number of hydrogen-bond donors (Lipinski definition) is 1. The van der Waals surface area contributed by atoms with Crippen molar-refractivity contribution in [3.63, 3.8) is 0 Å². The quantitative estimate of drug-likeness (QED) is 0.556. The Morgan fingerprint density at radius 2 is 1.94 bits per heavy atom. The van der Waals surface area contributed by atoms with Crippen molar-refractivity contribution in [3.8, 4) is 0 Å². The highest BCUT2D eigenvalue weighted by Crippen LogP contribution is 2.35. The average Bonchev–Trinajstić information content (AvgIpc) is 3.13. The summed E-state index contributed by atoms with van der Waals surface area (Å²) in [6.07, 6.45) is 12.1. The first-order valence-electron chi connectivity index (χ1n) is 10.4. The van der Waals surface area contributed by atoms with Crippen LogP contribution in [0.25, 0.3) is 0 Å². The molecule has 1 fully saturated rings. The SMILES string of the molecule is CS(=O)(=O)N1Cc2cc(Br)ccc2N(Cc2cnc[nH]2)C[C@H]1CC1CCCCC1.Cl.Cl. The molecule has 0 radical (unpaired) electrons. The Morgan fingerprint density at radius 1 is 1.19 bits per heavy atom. The van der Waals surface area contributed by atoms with Crippen molar-refractivity contribution >= 4 is 56.5 Å². The van der Waals surface area contributed by atoms with Crippen LogP contribution in [-0.2, 0) is 23.1 Å². The third-order valence-corrected chi connectivity index (χ3v) is 7.99. The number of imidazole rings is 1. The van der Waals surface area contributed by atoms with E-state index in [0.717, 1.165) is 27.8 Å². The summed E-state index contributed by atoms with van der Waals surface area (Å²) < 4.78 is 28.3. The van der Waals surface area contributed by atoms with Crippen LogP contribution >= 0.6 is 40.7 Å². The predicted octanol–water partition coefficient (Wildman–Crippen LogP) is 5.14. The Bertz CT molecular complexity index is 937. The molecule has 0 spiro atoms. The number of halogens is 3. The van der Waals surface area contributed by atoms with Crippen LogP contribution in [0.3, 0.4) is 0 Å². The molecule has 4 rings (SSSR count). The van der Waals surface area contributed by atoms with Crippen LogP contribution in [0.5, 0.6) is 0 Å². The molecule has 0 unspecified atom stereocenters. The lowest BCUT2D eigenvalue weighted by atomic mass is 9.84. The van der Waals surface area contributed by atoms with Gasteiger partial charge in [-0.2, -0.15) is 4.31 Å². The van der Waals surface area contributed by atoms with Crippen molar-refractivity contribution in [3.05, 3.63) is 46.5 Å². The van der Waals surface area contributed by atoms with Gasteiger partial charge in [-0.05, 0) is 36.1 Å². The lowest BCUT2D eigenvalue weighted by Gasteiger charge is -2.34. The number of anilines is 1. The second kappa shape index (κ2) is 11.4. The highest BCUT2D eigenvalue weighted by molar-refractivity contribution is 9.10. The van der Waals surface area contributed by atoms with Crippen LogP contribution in [0.15, 0.2) is 35.2 Å². The summed E-state index contributed by atoms with van der Waals surface area (Å²) in [4.78, 5) is 9.66. The van der Waals surface area contributed by atoms with Crippen molar-refractivity contribution < 1.29 is 8.42 Å². The monoisotopic (exact) mass is 552 g/mol. The zero-order valence-electron chi connectivity index (χ0n) is 17.7. The number of aromatic nitrogens is 2. The molecule has 1 saturated carbocycles. The number of sulfonamides is 1. The number of nitrogens with one attached hydrogen (secondary N) is 1. The number of fused-ring (bicyclic) bond motifs is 1. The Labute approximate surface area is 206 Å². The third kappa shape index (κ3) is 6.60. The molecular weight excluding hydrogens is 523 g/mol. The summed E-state index contributed by atoms with van der Waals surface area (Å²) in [6.45, 7) is 1.80. The number of nitrogens with zero attached hydrogens (tertiary/aromatic N) is 3. The van der Waals surface area contributed by atoms with Crippen LogP contribution in [0, 0.1) is 5.92 Å². The smallest absolute Gasteiger partial charge is 0.211 e. The van der Waals surface area contributed by atoms with Gasteiger partial charge >= 0.3 is 0 Å². The average molecular weight is 554 g/mol. The lowest BCUT2D eigenvalue weighted by Crippen LogP contribution is -2.45. The molecule has 1 aliphatic heterocycles. The Kier molecular flexibility index (Phi) is 9.70. The highest BCUT2D eigenvalue weighted by atomic mass is 79.9. The van der Waals surface area contributed by atoms with Gasteiger partial charge in [-0.1, -0.05) is 48.0 Å². The van der Waals surface area contributed by atoms with E-state index in [1.54, 1.807) is 10.6 Å². The second-order valence-corrected chi connectivity index (χ2v) is 11.3. The molecular formula is C21H31BrCl2N4O2S. The van der Waals surface area contributed by atoms with Gasteiger partial charge in [0.1, 0.15) is 0 Å². The molecule has 2 aromatic rings. The maximum absolute atomic E-state index is 12.8. The van der Waals surface area contributed by atoms with Crippen molar-refractivity contribution in [1.82, 2.24) is 14.3 Å². The molecule has 0 amide bonds. The van der Waals surface area contributed by atoms with E-state index in [9.17, 15) is 8.42 Å². The van der Waals surface area contributed by atoms with Gasteiger partial charge in [0, 0.05) is 35.5 Å². The molecule has 1 aromatic carbocycles. The van der Waals surface area contributed by atoms with Crippen LogP contribution in [0.4, 0.5) is 5.69 Å². The maximum Gasteiger partial charge on any atom is 0.211 e. The molecule has 174 valence electrons. The zero-order chi connectivity index (χ0) is 20.4. The molecule has 1 aromatic heterocycles. The van der Waals surface area contributed by atoms with Gasteiger partial charge in [-0.15, -0.1) is 24.8 Å². The van der Waals surface area contributed by atoms with E-state index in [0.29, 0.717) is 25.6 Å². The first kappa shape index (κ1) is 26.5. The summed E-state index contributed by atoms with van der Waals surface area (Å²) in [5, 5.41) is 0. The molecule has 31 heavy (non-hydrogen) atoms. The number of aromatic amines is 1. The van der Waals surface area contributed by atoms with Crippen LogP contribution < -0.4 is 4.90 Å². The minimum Gasteiger partial charge on any atom is -0.364 e. The lowest BCUT2D eigenvalue weighted by molar-refractivity contribution is 0.237. The van der Waals surface area contributed by atoms with Gasteiger partial charge in [0.15, 0.2) is 0 Å². The van der Waals surface area contributed by atoms with Gasteiger partial charge in [0.2, 0.25) is 10.0 Å². The molecule has 10 heteroatoms. The van der Waals surface area contributed by atoms with Crippen LogP contribution in [0.2, 0.25) is 0 Å². The van der Waals surface area contributed by atoms with Crippen molar-refractivity contribution in [2.45, 2.75) is 57.7 Å². The van der Waals surface area contributed by atoms with Crippen LogP contribution in [-0.4, -0.2) is 41.5 Å². The van der Waals surface area contributed by atoms with Gasteiger partial charge in [0.05, 0.1) is 24.8 Å². The molecule has 1 aliphatic carbocycles. The van der Waals surface area contributed by atoms with Crippen molar-refractivity contribution in [2.24, 2.45) is 5.92 Å². The first-order valence-corrected chi connectivity index (χ1v) is 13.0. The van der Waals surface area contributed by atoms with Crippen molar-refractivity contribution in [2.75, 3.05) is 17.7 Å². The number of hydrogen-bond acceptors (Lipinski definition) is 4. The fourth-order valence-electron chi connectivity index (χ4n) is 4.84. The summed E-state index contributed by atoms with van der Waals surface area (Å²) in [6, 6.07) is 6.16. The summed E-state index contributed by atoms with van der Waals surface area (Å²) in [5.74, 6) is 0.611. The van der Waals surface area contributed by atoms with Gasteiger partial charge in [0.25, 0.3) is 0 Å². The van der Waals surface area contributed by atoms with E-state index < -0.39 is 10.0 Å². The molecule has 6 nitrogen and oxygen atoms in total. The number of H-pyrrole nitrogens is 1. The molecule has 2 heterocycles. The highest BCUT2D eigenvalue weighted by Gasteiger charge is 2.35. The maximum atomic E-state index is 12.8. The Morgan fingerprint density at radius 3 is 2.58 bits per heavy atom. The van der Waals surface area contributed by atoms with E-state index in [1.165, 1.54) is 38.4 Å². The van der Waals surface area contributed by atoms with E-state index in [4.69, 9.17) is 0 Å². The molecule has 0 saturated heterocycles. The fourth-order valence-corrected chi connectivity index (χ4v) is 6.32. The minimum absolute atomic E-state index is 0. The molecule has 0 bridgehead atoms. The zero-order valence-corrected chi connectivity index (χ0v) is 21.7. The number of rotatable bonds is 5. The van der Waals surface area contributed by atoms with Gasteiger partial charge in [-0.25, -0.2) is 13.4 Å². The van der Waals surface area contributed by atoms with E-state index in [1.807, 2.05) is 12.3 Å². The van der Waals surface area contributed by atoms with Crippen molar-refractivity contribution in [1.29, 1.82) is 0 Å². The molecule has 2 aliphatic rings. The summed E-state index contributed by atoms with van der Waals surface area (Å²) >= 11 is 3.56. The minimum atomic E-state index is -3.32. The Balaban J connectivity index is 0.00000171. The largest absolute Gasteiger partial charge is 0.364 e. The topological polar surface area (TPSA) is 69.3 Å². The van der Waals surface area contributed by atoms with Gasteiger partial charge < -0.3 is 9.88 Å².